The molecule has 21 heavy (non-hydrogen) atoms. The van der Waals surface area contributed by atoms with Crippen molar-refractivity contribution in [2.24, 2.45) is 0 Å². The monoisotopic (exact) mass is 362 g/mol. The van der Waals surface area contributed by atoms with Gasteiger partial charge in [0.25, 0.3) is 0 Å². The van der Waals surface area contributed by atoms with Gasteiger partial charge in [-0.3, -0.25) is 0 Å². The lowest BCUT2D eigenvalue weighted by Gasteiger charge is -2.15. The number of hydrogen-bond donors (Lipinski definition) is 1. The Hall–Kier alpha value is -1.63. The van der Waals surface area contributed by atoms with E-state index in [-0.39, 0.29) is 5.75 Å². The first-order valence-corrected chi connectivity index (χ1v) is 7.11. The Balaban J connectivity index is 2.16. The normalized spacial score (nSPS) is 11.5. The van der Waals surface area contributed by atoms with Gasteiger partial charge in [0.1, 0.15) is 0 Å². The first-order valence-electron chi connectivity index (χ1n) is 6.32. The van der Waals surface area contributed by atoms with Crippen LogP contribution in [0.15, 0.2) is 41.0 Å². The zero-order valence-corrected chi connectivity index (χ0v) is 12.8. The topological polar surface area (TPSA) is 26.2 Å². The van der Waals surface area contributed by atoms with Gasteiger partial charge in [0.05, 0.1) is 12.2 Å². The lowest BCUT2D eigenvalue weighted by atomic mass is 10.3. The van der Waals surface area contributed by atoms with Crippen LogP contribution in [0.5, 0.6) is 5.75 Å². The smallest absolute Gasteiger partial charge is 0.404 e. The predicted octanol–water partition coefficient (Wildman–Crippen LogP) is 4.78. The minimum Gasteiger partial charge on any atom is -0.404 e. The molecule has 0 amide bonds. The van der Waals surface area contributed by atoms with Crippen LogP contribution in [0.1, 0.15) is 12.6 Å². The quantitative estimate of drug-likeness (QED) is 0.828. The van der Waals surface area contributed by atoms with Crippen LogP contribution < -0.4 is 10.1 Å². The van der Waals surface area contributed by atoms with Crippen LogP contribution in [0, 0.1) is 0 Å². The van der Waals surface area contributed by atoms with Crippen LogP contribution in [-0.4, -0.2) is 10.9 Å². The van der Waals surface area contributed by atoms with E-state index in [9.17, 15) is 13.2 Å². The minimum atomic E-state index is -4.72. The number of halogens is 4. The van der Waals surface area contributed by atoms with Gasteiger partial charge >= 0.3 is 6.36 Å². The molecule has 1 N–H and O–H groups in total. The van der Waals surface area contributed by atoms with Crippen molar-refractivity contribution in [1.29, 1.82) is 0 Å². The molecule has 1 aromatic heterocycles. The highest BCUT2D eigenvalue weighted by molar-refractivity contribution is 9.10. The van der Waals surface area contributed by atoms with E-state index in [4.69, 9.17) is 0 Å². The summed E-state index contributed by atoms with van der Waals surface area (Å²) in [5.74, 6) is -0.258. The number of aromatic nitrogens is 1. The van der Waals surface area contributed by atoms with Gasteiger partial charge in [-0.2, -0.15) is 0 Å². The molecule has 0 bridgehead atoms. The minimum absolute atomic E-state index is 0.258. The third-order valence-corrected chi connectivity index (χ3v) is 3.39. The summed E-state index contributed by atoms with van der Waals surface area (Å²) in [6.07, 6.45) is -2.80. The van der Waals surface area contributed by atoms with Crippen LogP contribution in [-0.2, 0) is 13.1 Å². The molecule has 0 aliphatic carbocycles. The summed E-state index contributed by atoms with van der Waals surface area (Å²) in [5.41, 5.74) is 1.28. The van der Waals surface area contributed by atoms with Gasteiger partial charge in [-0.05, 0) is 37.3 Å². The van der Waals surface area contributed by atoms with Gasteiger partial charge in [-0.1, -0.05) is 15.9 Å². The molecule has 2 rings (SSSR count). The zero-order chi connectivity index (χ0) is 15.5. The highest BCUT2D eigenvalue weighted by atomic mass is 79.9. The van der Waals surface area contributed by atoms with Gasteiger partial charge in [0, 0.05) is 22.9 Å². The first kappa shape index (κ1) is 15.8. The Bertz CT molecular complexity index is 611. The highest BCUT2D eigenvalue weighted by Gasteiger charge is 2.32. The molecular weight excluding hydrogens is 349 g/mol. The molecule has 0 atom stereocenters. The molecule has 7 heteroatoms. The molecule has 1 aromatic carbocycles. The molecule has 0 fully saturated rings. The van der Waals surface area contributed by atoms with Gasteiger partial charge in [-0.15, -0.1) is 13.2 Å². The van der Waals surface area contributed by atoms with Crippen LogP contribution in [0.2, 0.25) is 0 Å². The van der Waals surface area contributed by atoms with E-state index < -0.39 is 6.36 Å². The lowest BCUT2D eigenvalue weighted by Crippen LogP contribution is -2.18. The summed E-state index contributed by atoms with van der Waals surface area (Å²) in [4.78, 5) is 0. The molecule has 1 heterocycles. The molecular formula is C14H14BrF3N2O. The molecule has 2 aromatic rings. The van der Waals surface area contributed by atoms with Crippen molar-refractivity contribution in [2.75, 3.05) is 5.32 Å². The molecule has 0 saturated carbocycles. The molecule has 0 unspecified atom stereocenters. The van der Waals surface area contributed by atoms with Crippen molar-refractivity contribution in [3.63, 3.8) is 0 Å². The molecule has 3 nitrogen and oxygen atoms in total. The van der Waals surface area contributed by atoms with Crippen molar-refractivity contribution >= 4 is 21.6 Å². The van der Waals surface area contributed by atoms with Crippen molar-refractivity contribution < 1.29 is 17.9 Å². The standard InChI is InChI=1S/C14H14BrF3N2O/c1-2-20-7-3-4-11(20)9-19-12-6-5-10(15)8-13(12)21-14(16,17)18/h3-8,19H,2,9H2,1H3. The maximum Gasteiger partial charge on any atom is 0.573 e. The number of nitrogens with zero attached hydrogens (tertiary/aromatic N) is 1. The fourth-order valence-electron chi connectivity index (χ4n) is 1.96. The average Bonchev–Trinajstić information content (AvgIpc) is 2.83. The SMILES string of the molecule is CCn1cccc1CNc1ccc(Br)cc1OC(F)(F)F. The highest BCUT2D eigenvalue weighted by Crippen LogP contribution is 2.33. The first-order chi connectivity index (χ1) is 9.89. The Morgan fingerprint density at radius 2 is 2.05 bits per heavy atom. The van der Waals surface area contributed by atoms with Gasteiger partial charge in [-0.25, -0.2) is 0 Å². The molecule has 0 aliphatic rings. The third-order valence-electron chi connectivity index (χ3n) is 2.89. The van der Waals surface area contributed by atoms with Gasteiger partial charge in [0.15, 0.2) is 5.75 Å². The second-order valence-electron chi connectivity index (χ2n) is 4.33. The van der Waals surface area contributed by atoms with Crippen LogP contribution in [0.3, 0.4) is 0 Å². The van der Waals surface area contributed by atoms with E-state index in [1.165, 1.54) is 6.07 Å². The van der Waals surface area contributed by atoms with E-state index in [0.717, 1.165) is 12.2 Å². The van der Waals surface area contributed by atoms with Crippen molar-refractivity contribution in [3.8, 4) is 5.75 Å². The molecule has 114 valence electrons. The fourth-order valence-corrected chi connectivity index (χ4v) is 2.30. The number of nitrogens with one attached hydrogen (secondary N) is 1. The predicted molar refractivity (Wildman–Crippen MR) is 78.3 cm³/mol. The Morgan fingerprint density at radius 3 is 2.71 bits per heavy atom. The third kappa shape index (κ3) is 4.42. The number of anilines is 1. The number of aryl methyl sites for hydroxylation is 1. The van der Waals surface area contributed by atoms with Crippen LogP contribution in [0.4, 0.5) is 18.9 Å². The maximum absolute atomic E-state index is 12.4. The van der Waals surface area contributed by atoms with Crippen molar-refractivity contribution in [1.82, 2.24) is 4.57 Å². The van der Waals surface area contributed by atoms with Crippen molar-refractivity contribution in [2.45, 2.75) is 26.4 Å². The number of alkyl halides is 3. The number of rotatable bonds is 5. The molecule has 0 radical (unpaired) electrons. The van der Waals surface area contributed by atoms with Gasteiger partial charge in [0.2, 0.25) is 0 Å². The van der Waals surface area contributed by atoms with E-state index in [0.29, 0.717) is 16.7 Å². The lowest BCUT2D eigenvalue weighted by molar-refractivity contribution is -0.274. The van der Waals surface area contributed by atoms with E-state index >= 15 is 0 Å². The second-order valence-corrected chi connectivity index (χ2v) is 5.24. The van der Waals surface area contributed by atoms with Crippen molar-refractivity contribution in [3.05, 3.63) is 46.7 Å². The Morgan fingerprint density at radius 1 is 1.29 bits per heavy atom. The summed E-state index contributed by atoms with van der Waals surface area (Å²) in [6, 6.07) is 8.30. The van der Waals surface area contributed by atoms with Crippen LogP contribution >= 0.6 is 15.9 Å². The summed E-state index contributed by atoms with van der Waals surface area (Å²) in [5, 5.41) is 2.97. The zero-order valence-electron chi connectivity index (χ0n) is 11.2. The fraction of sp³-hybridized carbons (Fsp3) is 0.286. The summed E-state index contributed by atoms with van der Waals surface area (Å²) in [6.45, 7) is 3.22. The summed E-state index contributed by atoms with van der Waals surface area (Å²) in [7, 11) is 0. The number of ether oxygens (including phenoxy) is 1. The van der Waals surface area contributed by atoms with Crippen LogP contribution in [0.25, 0.3) is 0 Å². The van der Waals surface area contributed by atoms with E-state index in [1.807, 2.05) is 29.8 Å². The Labute approximate surface area is 128 Å². The van der Waals surface area contributed by atoms with Gasteiger partial charge < -0.3 is 14.6 Å². The van der Waals surface area contributed by atoms with E-state index in [2.05, 4.69) is 26.0 Å². The largest absolute Gasteiger partial charge is 0.573 e. The molecule has 0 aliphatic heterocycles. The summed E-state index contributed by atoms with van der Waals surface area (Å²) >= 11 is 3.14. The molecule has 0 spiro atoms. The summed E-state index contributed by atoms with van der Waals surface area (Å²) < 4.78 is 43.8. The van der Waals surface area contributed by atoms with E-state index in [1.54, 1.807) is 12.1 Å². The second kappa shape index (κ2) is 6.43. The molecule has 0 saturated heterocycles. The number of benzene rings is 1. The maximum atomic E-state index is 12.4. The number of hydrogen-bond acceptors (Lipinski definition) is 2. The Kier molecular flexibility index (Phi) is 4.82. The average molecular weight is 363 g/mol.